The summed E-state index contributed by atoms with van der Waals surface area (Å²) in [6.07, 6.45) is 0. The molecule has 0 aromatic heterocycles. The smallest absolute Gasteiger partial charge is 0.0839 e. The quantitative estimate of drug-likeness (QED) is 0.819. The van der Waals surface area contributed by atoms with E-state index in [0.29, 0.717) is 0 Å². The molecule has 0 spiro atoms. The molecule has 1 atom stereocenters. The summed E-state index contributed by atoms with van der Waals surface area (Å²) in [5.74, 6) is -0.0661. The molecule has 0 amide bonds. The average Bonchev–Trinajstić information content (AvgIpc) is 2.38. The third-order valence-corrected chi connectivity index (χ3v) is 3.58. The summed E-state index contributed by atoms with van der Waals surface area (Å²) in [5.41, 5.74) is 1.12. The number of hydrogen-bond donors (Lipinski definition) is 0. The molecule has 3 heteroatoms. The third kappa shape index (κ3) is 2.90. The van der Waals surface area contributed by atoms with Crippen LogP contribution < -0.4 is 0 Å². The van der Waals surface area contributed by atoms with Crippen molar-refractivity contribution in [3.63, 3.8) is 0 Å². The van der Waals surface area contributed by atoms with Gasteiger partial charge in [-0.25, -0.2) is 0 Å². The van der Waals surface area contributed by atoms with Gasteiger partial charge in [-0.2, -0.15) is 5.26 Å². The van der Waals surface area contributed by atoms with Crippen LogP contribution in [0.3, 0.4) is 0 Å². The van der Waals surface area contributed by atoms with E-state index in [9.17, 15) is 5.26 Å². The van der Waals surface area contributed by atoms with Crippen molar-refractivity contribution in [1.82, 2.24) is 4.90 Å². The Hall–Kier alpha value is -1.37. The van der Waals surface area contributed by atoms with Gasteiger partial charge in [0.15, 0.2) is 0 Å². The summed E-state index contributed by atoms with van der Waals surface area (Å²) in [5, 5.41) is 9.37. The van der Waals surface area contributed by atoms with Crippen molar-refractivity contribution in [2.45, 2.75) is 25.3 Å². The highest BCUT2D eigenvalue weighted by atomic mass is 16.5. The zero-order valence-corrected chi connectivity index (χ0v) is 11.1. The van der Waals surface area contributed by atoms with Gasteiger partial charge in [0.25, 0.3) is 0 Å². The number of benzene rings is 1. The van der Waals surface area contributed by atoms with Gasteiger partial charge < -0.3 is 4.74 Å². The van der Waals surface area contributed by atoms with Crippen LogP contribution in [0.4, 0.5) is 0 Å². The monoisotopic (exact) mass is 244 g/mol. The molecule has 1 saturated heterocycles. The molecule has 1 aromatic rings. The third-order valence-electron chi connectivity index (χ3n) is 3.58. The van der Waals surface area contributed by atoms with Crippen molar-refractivity contribution in [2.24, 2.45) is 0 Å². The molecule has 3 nitrogen and oxygen atoms in total. The predicted octanol–water partition coefficient (Wildman–Crippen LogP) is 2.40. The van der Waals surface area contributed by atoms with Crippen LogP contribution >= 0.6 is 0 Å². The van der Waals surface area contributed by atoms with Crippen LogP contribution in [-0.2, 0) is 4.74 Å². The summed E-state index contributed by atoms with van der Waals surface area (Å²) in [4.78, 5) is 2.36. The van der Waals surface area contributed by atoms with E-state index >= 15 is 0 Å². The Labute approximate surface area is 109 Å². The van der Waals surface area contributed by atoms with Crippen LogP contribution in [0.1, 0.15) is 25.3 Å². The van der Waals surface area contributed by atoms with Gasteiger partial charge in [-0.15, -0.1) is 0 Å². The second-order valence-corrected chi connectivity index (χ2v) is 5.40. The van der Waals surface area contributed by atoms with Crippen LogP contribution in [0.2, 0.25) is 0 Å². The van der Waals surface area contributed by atoms with E-state index < -0.39 is 0 Å². The van der Waals surface area contributed by atoms with Crippen LogP contribution in [0.25, 0.3) is 0 Å². The van der Waals surface area contributed by atoms with Gasteiger partial charge >= 0.3 is 0 Å². The Morgan fingerprint density at radius 2 is 2.11 bits per heavy atom. The molecule has 18 heavy (non-hydrogen) atoms. The van der Waals surface area contributed by atoms with Crippen molar-refractivity contribution in [3.8, 4) is 6.07 Å². The van der Waals surface area contributed by atoms with Gasteiger partial charge in [-0.3, -0.25) is 4.90 Å². The lowest BCUT2D eigenvalue weighted by atomic mass is 9.96. The van der Waals surface area contributed by atoms with Crippen molar-refractivity contribution in [2.75, 3.05) is 26.3 Å². The molecule has 0 radical (unpaired) electrons. The molecule has 1 fully saturated rings. The van der Waals surface area contributed by atoms with Crippen LogP contribution in [0, 0.1) is 11.3 Å². The largest absolute Gasteiger partial charge is 0.378 e. The highest BCUT2D eigenvalue weighted by Crippen LogP contribution is 2.24. The van der Waals surface area contributed by atoms with Gasteiger partial charge in [0.05, 0.1) is 25.2 Å². The summed E-state index contributed by atoms with van der Waals surface area (Å²) in [6.45, 7) is 7.52. The van der Waals surface area contributed by atoms with Crippen LogP contribution in [0.5, 0.6) is 0 Å². The molecule has 1 aromatic carbocycles. The average molecular weight is 244 g/mol. The van der Waals surface area contributed by atoms with Crippen molar-refractivity contribution in [3.05, 3.63) is 35.9 Å². The van der Waals surface area contributed by atoms with Gasteiger partial charge in [-0.05, 0) is 19.4 Å². The first-order chi connectivity index (χ1) is 8.63. The Kier molecular flexibility index (Phi) is 4.00. The number of ether oxygens (including phenoxy) is 1. The maximum atomic E-state index is 9.37. The lowest BCUT2D eigenvalue weighted by molar-refractivity contribution is -0.0515. The van der Waals surface area contributed by atoms with E-state index in [1.807, 2.05) is 30.3 Å². The molecule has 2 rings (SSSR count). The highest BCUT2D eigenvalue weighted by Gasteiger charge is 2.32. The minimum absolute atomic E-state index is 0.0160. The number of morpholine rings is 1. The predicted molar refractivity (Wildman–Crippen MR) is 71.3 cm³/mol. The lowest BCUT2D eigenvalue weighted by Crippen LogP contribution is -2.53. The van der Waals surface area contributed by atoms with Gasteiger partial charge in [0.1, 0.15) is 0 Å². The second kappa shape index (κ2) is 5.51. The maximum Gasteiger partial charge on any atom is 0.0839 e. The fourth-order valence-corrected chi connectivity index (χ4v) is 2.36. The fraction of sp³-hybridized carbons (Fsp3) is 0.533. The normalized spacial score (nSPS) is 21.2. The minimum atomic E-state index is -0.0661. The topological polar surface area (TPSA) is 36.3 Å². The Balaban J connectivity index is 2.09. The summed E-state index contributed by atoms with van der Waals surface area (Å²) < 4.78 is 5.51. The molecular weight excluding hydrogens is 224 g/mol. The maximum absolute atomic E-state index is 9.37. The van der Waals surface area contributed by atoms with E-state index in [4.69, 9.17) is 4.74 Å². The zero-order chi connectivity index (χ0) is 13.0. The number of nitriles is 1. The standard InChI is InChI=1S/C15H20N2O/c1-15(2)12-18-9-8-17(15)11-14(10-16)13-6-4-3-5-7-13/h3-7,14H,8-9,11-12H2,1-2H3. The lowest BCUT2D eigenvalue weighted by Gasteiger charge is -2.42. The fourth-order valence-electron chi connectivity index (χ4n) is 2.36. The highest BCUT2D eigenvalue weighted by molar-refractivity contribution is 5.25. The summed E-state index contributed by atoms with van der Waals surface area (Å²) >= 11 is 0. The van der Waals surface area contributed by atoms with Crippen LogP contribution in [0.15, 0.2) is 30.3 Å². The summed E-state index contributed by atoms with van der Waals surface area (Å²) in [6, 6.07) is 12.4. The van der Waals surface area contributed by atoms with E-state index in [-0.39, 0.29) is 11.5 Å². The van der Waals surface area contributed by atoms with Crippen LogP contribution in [-0.4, -0.2) is 36.7 Å². The van der Waals surface area contributed by atoms with Crippen molar-refractivity contribution >= 4 is 0 Å². The summed E-state index contributed by atoms with van der Waals surface area (Å²) in [7, 11) is 0. The van der Waals surface area contributed by atoms with Crippen molar-refractivity contribution in [1.29, 1.82) is 5.26 Å². The number of nitrogens with zero attached hydrogens (tertiary/aromatic N) is 2. The molecule has 1 heterocycles. The molecule has 1 aliphatic heterocycles. The van der Waals surface area contributed by atoms with Crippen molar-refractivity contribution < 1.29 is 4.74 Å². The van der Waals surface area contributed by atoms with E-state index in [2.05, 4.69) is 24.8 Å². The molecule has 0 aliphatic carbocycles. The molecule has 96 valence electrons. The van der Waals surface area contributed by atoms with Gasteiger partial charge in [-0.1, -0.05) is 30.3 Å². The van der Waals surface area contributed by atoms with Gasteiger partial charge in [0, 0.05) is 18.6 Å². The SMILES string of the molecule is CC1(C)COCCN1CC(C#N)c1ccccc1. The minimum Gasteiger partial charge on any atom is -0.378 e. The first kappa shape index (κ1) is 13.1. The molecular formula is C15H20N2O. The van der Waals surface area contributed by atoms with E-state index in [1.165, 1.54) is 0 Å². The molecule has 1 unspecified atom stereocenters. The second-order valence-electron chi connectivity index (χ2n) is 5.40. The van der Waals surface area contributed by atoms with E-state index in [1.54, 1.807) is 0 Å². The molecule has 0 bridgehead atoms. The molecule has 1 aliphatic rings. The zero-order valence-electron chi connectivity index (χ0n) is 11.1. The van der Waals surface area contributed by atoms with E-state index in [0.717, 1.165) is 31.9 Å². The van der Waals surface area contributed by atoms with Gasteiger partial charge in [0.2, 0.25) is 0 Å². The first-order valence-corrected chi connectivity index (χ1v) is 6.41. The Morgan fingerprint density at radius 1 is 1.39 bits per heavy atom. The molecule has 0 N–H and O–H groups in total. The number of rotatable bonds is 3. The number of hydrogen-bond acceptors (Lipinski definition) is 3. The first-order valence-electron chi connectivity index (χ1n) is 6.41. The Bertz CT molecular complexity index is 422. The molecule has 0 saturated carbocycles. The Morgan fingerprint density at radius 3 is 2.72 bits per heavy atom.